The molecule has 1 saturated carbocycles. The number of carbonyl (C=O) groups is 1. The number of piperidine rings is 1. The number of hydrogen-bond acceptors (Lipinski definition) is 3. The Bertz CT molecular complexity index is 791. The van der Waals surface area contributed by atoms with Crippen LogP contribution in [0.1, 0.15) is 66.9 Å². The largest absolute Gasteiger partial charge is 0.349 e. The van der Waals surface area contributed by atoms with Gasteiger partial charge in [-0.25, -0.2) is 9.07 Å². The number of benzene rings is 1. The molecule has 1 aromatic heterocycles. The lowest BCUT2D eigenvalue weighted by molar-refractivity contribution is 0.0926. The van der Waals surface area contributed by atoms with Crippen molar-refractivity contribution in [2.45, 2.75) is 56.9 Å². The molecule has 0 unspecified atom stereocenters. The van der Waals surface area contributed by atoms with Crippen LogP contribution in [-0.4, -0.2) is 34.8 Å². The van der Waals surface area contributed by atoms with Gasteiger partial charge in [0, 0.05) is 12.0 Å². The van der Waals surface area contributed by atoms with E-state index in [1.165, 1.54) is 31.4 Å². The minimum absolute atomic E-state index is 0.0434. The third-order valence-electron chi connectivity index (χ3n) is 5.77. The lowest BCUT2D eigenvalue weighted by Gasteiger charge is -2.26. The van der Waals surface area contributed by atoms with E-state index >= 15 is 0 Å². The number of rotatable bonds is 4. The summed E-state index contributed by atoms with van der Waals surface area (Å²) in [6.07, 6.45) is 9.25. The van der Waals surface area contributed by atoms with Gasteiger partial charge in [0.2, 0.25) is 0 Å². The quantitative estimate of drug-likeness (QED) is 0.865. The molecule has 27 heavy (non-hydrogen) atoms. The van der Waals surface area contributed by atoms with Crippen LogP contribution in [0.15, 0.2) is 30.5 Å². The standard InChI is InChI=1S/C21H27FN4O/c22-16-5-4-8-18(13-16)26-20(15-9-11-23-12-10-15)19(14-24-26)21(27)25-17-6-2-1-3-7-17/h4-5,8,13-15,17,23H,1-3,6-7,9-12H2,(H,25,27). The molecule has 2 fully saturated rings. The molecule has 2 N–H and O–H groups in total. The zero-order valence-electron chi connectivity index (χ0n) is 15.6. The number of amides is 1. The zero-order chi connectivity index (χ0) is 18.6. The maximum Gasteiger partial charge on any atom is 0.255 e. The molecule has 4 rings (SSSR count). The van der Waals surface area contributed by atoms with Gasteiger partial charge < -0.3 is 10.6 Å². The van der Waals surface area contributed by atoms with Crippen molar-refractivity contribution < 1.29 is 9.18 Å². The number of halogens is 1. The average Bonchev–Trinajstić information content (AvgIpc) is 3.15. The molecule has 0 spiro atoms. The summed E-state index contributed by atoms with van der Waals surface area (Å²) in [7, 11) is 0. The lowest BCUT2D eigenvalue weighted by atomic mass is 9.91. The van der Waals surface area contributed by atoms with Gasteiger partial charge in [0.15, 0.2) is 0 Å². The molecule has 1 amide bonds. The fourth-order valence-corrected chi connectivity index (χ4v) is 4.34. The van der Waals surface area contributed by atoms with Crippen molar-refractivity contribution in [2.75, 3.05) is 13.1 Å². The Hall–Kier alpha value is -2.21. The van der Waals surface area contributed by atoms with Gasteiger partial charge in [-0.2, -0.15) is 5.10 Å². The van der Waals surface area contributed by atoms with Gasteiger partial charge in [-0.3, -0.25) is 4.79 Å². The van der Waals surface area contributed by atoms with Gasteiger partial charge in [0.25, 0.3) is 5.91 Å². The Kier molecular flexibility index (Phi) is 5.53. The van der Waals surface area contributed by atoms with E-state index in [-0.39, 0.29) is 23.7 Å². The van der Waals surface area contributed by atoms with Crippen molar-refractivity contribution in [3.05, 3.63) is 47.5 Å². The van der Waals surface area contributed by atoms with Crippen molar-refractivity contribution in [2.24, 2.45) is 0 Å². The molecule has 144 valence electrons. The summed E-state index contributed by atoms with van der Waals surface area (Å²) in [6, 6.07) is 6.67. The average molecular weight is 370 g/mol. The molecule has 2 aromatic rings. The molecular formula is C21H27FN4O. The van der Waals surface area contributed by atoms with Crippen molar-refractivity contribution in [3.8, 4) is 5.69 Å². The third kappa shape index (κ3) is 4.05. The van der Waals surface area contributed by atoms with E-state index in [9.17, 15) is 9.18 Å². The zero-order valence-corrected chi connectivity index (χ0v) is 15.6. The molecule has 5 nitrogen and oxygen atoms in total. The second kappa shape index (κ2) is 8.21. The number of nitrogens with one attached hydrogen (secondary N) is 2. The highest BCUT2D eigenvalue weighted by Gasteiger charge is 2.28. The predicted molar refractivity (Wildman–Crippen MR) is 103 cm³/mol. The van der Waals surface area contributed by atoms with Crippen molar-refractivity contribution in [1.29, 1.82) is 0 Å². The Labute approximate surface area is 159 Å². The molecule has 1 aliphatic heterocycles. The number of hydrogen-bond donors (Lipinski definition) is 2. The number of aromatic nitrogens is 2. The summed E-state index contributed by atoms with van der Waals surface area (Å²) in [5.41, 5.74) is 2.22. The van der Waals surface area contributed by atoms with E-state index in [2.05, 4.69) is 15.7 Å². The molecular weight excluding hydrogens is 343 g/mol. The van der Waals surface area contributed by atoms with Crippen molar-refractivity contribution in [1.82, 2.24) is 20.4 Å². The van der Waals surface area contributed by atoms with Crippen LogP contribution in [0.2, 0.25) is 0 Å². The minimum atomic E-state index is -0.299. The molecule has 0 atom stereocenters. The van der Waals surface area contributed by atoms with Crippen LogP contribution in [0.25, 0.3) is 5.69 Å². The van der Waals surface area contributed by atoms with Crippen LogP contribution in [-0.2, 0) is 0 Å². The van der Waals surface area contributed by atoms with E-state index in [4.69, 9.17) is 0 Å². The second-order valence-corrected chi connectivity index (χ2v) is 7.67. The summed E-state index contributed by atoms with van der Waals surface area (Å²) in [6.45, 7) is 1.84. The maximum absolute atomic E-state index is 13.8. The topological polar surface area (TPSA) is 59.0 Å². The Morgan fingerprint density at radius 2 is 1.93 bits per heavy atom. The fraction of sp³-hybridized carbons (Fsp3) is 0.524. The summed E-state index contributed by atoms with van der Waals surface area (Å²) < 4.78 is 15.5. The lowest BCUT2D eigenvalue weighted by Crippen LogP contribution is -2.37. The van der Waals surface area contributed by atoms with Crippen LogP contribution in [0.3, 0.4) is 0 Å². The molecule has 1 aromatic carbocycles. The minimum Gasteiger partial charge on any atom is -0.349 e. The highest BCUT2D eigenvalue weighted by Crippen LogP contribution is 2.30. The molecule has 2 heterocycles. The highest BCUT2D eigenvalue weighted by atomic mass is 19.1. The summed E-state index contributed by atoms with van der Waals surface area (Å²) in [5, 5.41) is 11.1. The smallest absolute Gasteiger partial charge is 0.255 e. The fourth-order valence-electron chi connectivity index (χ4n) is 4.34. The number of nitrogens with zero attached hydrogens (tertiary/aromatic N) is 2. The van der Waals surface area contributed by atoms with Crippen LogP contribution < -0.4 is 10.6 Å². The monoisotopic (exact) mass is 370 g/mol. The second-order valence-electron chi connectivity index (χ2n) is 7.67. The number of carbonyl (C=O) groups excluding carboxylic acids is 1. The van der Waals surface area contributed by atoms with Crippen LogP contribution in [0, 0.1) is 5.82 Å². The first-order chi connectivity index (χ1) is 13.2. The first kappa shape index (κ1) is 18.2. The van der Waals surface area contributed by atoms with E-state index in [1.807, 2.05) is 6.07 Å². The first-order valence-electron chi connectivity index (χ1n) is 10.1. The highest BCUT2D eigenvalue weighted by molar-refractivity contribution is 5.95. The molecule has 1 saturated heterocycles. The first-order valence-corrected chi connectivity index (χ1v) is 10.1. The van der Waals surface area contributed by atoms with E-state index in [1.54, 1.807) is 16.9 Å². The Morgan fingerprint density at radius 3 is 2.67 bits per heavy atom. The van der Waals surface area contributed by atoms with Crippen molar-refractivity contribution in [3.63, 3.8) is 0 Å². The summed E-state index contributed by atoms with van der Waals surface area (Å²) >= 11 is 0. The van der Waals surface area contributed by atoms with Gasteiger partial charge >= 0.3 is 0 Å². The molecule has 2 aliphatic rings. The van der Waals surface area contributed by atoms with E-state index < -0.39 is 0 Å². The third-order valence-corrected chi connectivity index (χ3v) is 5.77. The van der Waals surface area contributed by atoms with E-state index in [0.29, 0.717) is 11.3 Å². The normalized spacial score (nSPS) is 19.1. The van der Waals surface area contributed by atoms with Crippen molar-refractivity contribution >= 4 is 5.91 Å². The Morgan fingerprint density at radius 1 is 1.15 bits per heavy atom. The molecule has 1 aliphatic carbocycles. The SMILES string of the molecule is O=C(NC1CCCCC1)c1cnn(-c2cccc(F)c2)c1C1CCNCC1. The molecule has 0 bridgehead atoms. The van der Waals surface area contributed by atoms with Gasteiger partial charge in [-0.15, -0.1) is 0 Å². The van der Waals surface area contributed by atoms with Gasteiger partial charge in [0.1, 0.15) is 5.82 Å². The van der Waals surface area contributed by atoms with Crippen LogP contribution in [0.5, 0.6) is 0 Å². The Balaban J connectivity index is 1.67. The van der Waals surface area contributed by atoms with Gasteiger partial charge in [-0.05, 0) is 57.0 Å². The van der Waals surface area contributed by atoms with Gasteiger partial charge in [0.05, 0.1) is 23.1 Å². The predicted octanol–water partition coefficient (Wildman–Crippen LogP) is 3.54. The maximum atomic E-state index is 13.8. The summed E-state index contributed by atoms with van der Waals surface area (Å²) in [5.74, 6) is -0.102. The van der Waals surface area contributed by atoms with Crippen LogP contribution >= 0.6 is 0 Å². The summed E-state index contributed by atoms with van der Waals surface area (Å²) in [4.78, 5) is 13.0. The van der Waals surface area contributed by atoms with E-state index in [0.717, 1.165) is 44.5 Å². The van der Waals surface area contributed by atoms with Crippen LogP contribution in [0.4, 0.5) is 4.39 Å². The molecule has 0 radical (unpaired) electrons. The van der Waals surface area contributed by atoms with Gasteiger partial charge in [-0.1, -0.05) is 25.3 Å². The molecule has 6 heteroatoms.